The molecule has 0 radical (unpaired) electrons. The van der Waals surface area contributed by atoms with E-state index in [2.05, 4.69) is 12.2 Å². The van der Waals surface area contributed by atoms with E-state index in [0.29, 0.717) is 12.3 Å². The van der Waals surface area contributed by atoms with Crippen molar-refractivity contribution in [2.24, 2.45) is 11.8 Å². The average molecular weight is 213 g/mol. The normalized spacial score (nSPS) is 18.5. The van der Waals surface area contributed by atoms with E-state index in [0.717, 1.165) is 31.8 Å². The van der Waals surface area contributed by atoms with Crippen LogP contribution in [0.3, 0.4) is 0 Å². The molecule has 3 nitrogen and oxygen atoms in total. The van der Waals surface area contributed by atoms with Crippen molar-refractivity contribution in [3.05, 3.63) is 0 Å². The molecule has 2 N–H and O–H groups in total. The Labute approximate surface area is 92.3 Å². The van der Waals surface area contributed by atoms with Crippen LogP contribution in [-0.2, 0) is 4.79 Å². The molecule has 0 aliphatic heterocycles. The van der Waals surface area contributed by atoms with Gasteiger partial charge in [0.05, 0.1) is 0 Å². The van der Waals surface area contributed by atoms with Gasteiger partial charge in [0, 0.05) is 6.42 Å². The first-order valence-electron chi connectivity index (χ1n) is 6.11. The molecule has 0 bridgehead atoms. The summed E-state index contributed by atoms with van der Waals surface area (Å²) < 4.78 is 0. The molecule has 88 valence electrons. The number of carboxylic acids is 1. The largest absolute Gasteiger partial charge is 0.481 e. The molecule has 0 aromatic heterocycles. The second-order valence-electron chi connectivity index (χ2n) is 4.83. The van der Waals surface area contributed by atoms with Crippen molar-refractivity contribution in [3.8, 4) is 0 Å². The zero-order valence-corrected chi connectivity index (χ0v) is 9.67. The predicted molar refractivity (Wildman–Crippen MR) is 60.9 cm³/mol. The van der Waals surface area contributed by atoms with Gasteiger partial charge in [0.15, 0.2) is 0 Å². The third-order valence-electron chi connectivity index (χ3n) is 3.32. The van der Waals surface area contributed by atoms with Crippen LogP contribution in [-0.4, -0.2) is 24.2 Å². The lowest BCUT2D eigenvalue weighted by atomic mass is 9.85. The first kappa shape index (κ1) is 12.5. The van der Waals surface area contributed by atoms with Gasteiger partial charge >= 0.3 is 5.97 Å². The average Bonchev–Trinajstić information content (AvgIpc) is 2.11. The highest BCUT2D eigenvalue weighted by Gasteiger charge is 2.16. The maximum Gasteiger partial charge on any atom is 0.303 e. The number of hydrogen-bond acceptors (Lipinski definition) is 2. The fourth-order valence-corrected chi connectivity index (χ4v) is 1.87. The number of carboxylic acid groups (broad SMARTS) is 1. The van der Waals surface area contributed by atoms with Gasteiger partial charge in [0.25, 0.3) is 0 Å². The van der Waals surface area contributed by atoms with Crippen molar-refractivity contribution in [2.45, 2.75) is 45.4 Å². The number of carbonyl (C=O) groups is 1. The van der Waals surface area contributed by atoms with Crippen LogP contribution in [0.5, 0.6) is 0 Å². The monoisotopic (exact) mass is 213 g/mol. The van der Waals surface area contributed by atoms with Crippen molar-refractivity contribution >= 4 is 5.97 Å². The van der Waals surface area contributed by atoms with Crippen molar-refractivity contribution < 1.29 is 9.90 Å². The van der Waals surface area contributed by atoms with E-state index in [1.807, 2.05) is 0 Å². The Hall–Kier alpha value is -0.570. The van der Waals surface area contributed by atoms with Crippen LogP contribution in [0.2, 0.25) is 0 Å². The molecular formula is C12H23NO2. The molecule has 0 saturated heterocycles. The van der Waals surface area contributed by atoms with Crippen molar-refractivity contribution in [3.63, 3.8) is 0 Å². The van der Waals surface area contributed by atoms with Crippen molar-refractivity contribution in [1.29, 1.82) is 0 Å². The Kier molecular flexibility index (Phi) is 5.69. The zero-order valence-electron chi connectivity index (χ0n) is 9.67. The van der Waals surface area contributed by atoms with Crippen molar-refractivity contribution in [1.82, 2.24) is 5.32 Å². The van der Waals surface area contributed by atoms with Crippen LogP contribution < -0.4 is 5.32 Å². The van der Waals surface area contributed by atoms with Crippen LogP contribution in [0, 0.1) is 11.8 Å². The third-order valence-corrected chi connectivity index (χ3v) is 3.32. The van der Waals surface area contributed by atoms with Crippen LogP contribution in [0.25, 0.3) is 0 Å². The maximum atomic E-state index is 10.4. The summed E-state index contributed by atoms with van der Waals surface area (Å²) >= 11 is 0. The predicted octanol–water partition coefficient (Wildman–Crippen LogP) is 2.27. The molecule has 15 heavy (non-hydrogen) atoms. The number of aliphatic carboxylic acids is 1. The van der Waals surface area contributed by atoms with E-state index in [9.17, 15) is 4.79 Å². The maximum absolute atomic E-state index is 10.4. The molecule has 1 rings (SSSR count). The van der Waals surface area contributed by atoms with Gasteiger partial charge in [-0.05, 0) is 50.6 Å². The highest BCUT2D eigenvalue weighted by Crippen LogP contribution is 2.25. The van der Waals surface area contributed by atoms with Gasteiger partial charge in [-0.3, -0.25) is 4.79 Å². The molecule has 1 aliphatic carbocycles. The highest BCUT2D eigenvalue weighted by atomic mass is 16.4. The molecule has 3 heteroatoms. The van der Waals surface area contributed by atoms with E-state index in [-0.39, 0.29) is 0 Å². The Balaban J connectivity index is 1.87. The molecule has 0 amide bonds. The first-order valence-corrected chi connectivity index (χ1v) is 6.11. The van der Waals surface area contributed by atoms with Crippen LogP contribution in [0.1, 0.15) is 45.4 Å². The van der Waals surface area contributed by atoms with Gasteiger partial charge in [-0.2, -0.15) is 0 Å². The summed E-state index contributed by atoms with van der Waals surface area (Å²) in [4.78, 5) is 10.4. The van der Waals surface area contributed by atoms with Crippen LogP contribution in [0.4, 0.5) is 0 Å². The summed E-state index contributed by atoms with van der Waals surface area (Å²) in [5.74, 6) is 0.763. The minimum Gasteiger partial charge on any atom is -0.481 e. The Bertz CT molecular complexity index is 190. The number of nitrogens with one attached hydrogen (secondary N) is 1. The molecule has 1 aliphatic rings. The van der Waals surface area contributed by atoms with E-state index in [4.69, 9.17) is 5.11 Å². The summed E-state index contributed by atoms with van der Waals surface area (Å²) in [6.07, 6.45) is 6.40. The highest BCUT2D eigenvalue weighted by molar-refractivity contribution is 5.66. The van der Waals surface area contributed by atoms with E-state index in [1.165, 1.54) is 19.3 Å². The van der Waals surface area contributed by atoms with E-state index in [1.54, 1.807) is 0 Å². The summed E-state index contributed by atoms with van der Waals surface area (Å²) in [5, 5.41) is 12.0. The van der Waals surface area contributed by atoms with Gasteiger partial charge in [-0.15, -0.1) is 0 Å². The summed E-state index contributed by atoms with van der Waals surface area (Å²) in [5.41, 5.74) is 0. The topological polar surface area (TPSA) is 49.3 Å². The second kappa shape index (κ2) is 6.83. The summed E-state index contributed by atoms with van der Waals surface area (Å²) in [7, 11) is 0. The fourth-order valence-electron chi connectivity index (χ4n) is 1.87. The molecule has 1 saturated carbocycles. The standard InChI is InChI=1S/C12H23NO2/c1-10(5-6-12(14)15)7-8-13-9-11-3-2-4-11/h10-11,13H,2-9H2,1H3,(H,14,15). The molecule has 1 atom stereocenters. The molecule has 0 spiro atoms. The quantitative estimate of drug-likeness (QED) is 0.608. The molecule has 0 aromatic rings. The minimum atomic E-state index is -0.677. The summed E-state index contributed by atoms with van der Waals surface area (Å²) in [6, 6.07) is 0. The van der Waals surface area contributed by atoms with Gasteiger partial charge < -0.3 is 10.4 Å². The SMILES string of the molecule is CC(CCNCC1CCC1)CCC(=O)O. The molecule has 1 fully saturated rings. The Morgan fingerprint density at radius 3 is 2.73 bits per heavy atom. The molecule has 0 aromatic carbocycles. The first-order chi connectivity index (χ1) is 7.18. The number of hydrogen-bond donors (Lipinski definition) is 2. The van der Waals surface area contributed by atoms with E-state index < -0.39 is 5.97 Å². The number of rotatable bonds is 8. The lowest BCUT2D eigenvalue weighted by Gasteiger charge is -2.25. The Morgan fingerprint density at radius 2 is 2.20 bits per heavy atom. The lowest BCUT2D eigenvalue weighted by molar-refractivity contribution is -0.137. The van der Waals surface area contributed by atoms with Gasteiger partial charge in [-0.1, -0.05) is 13.3 Å². The molecule has 1 unspecified atom stereocenters. The zero-order chi connectivity index (χ0) is 11.1. The van der Waals surface area contributed by atoms with E-state index >= 15 is 0 Å². The van der Waals surface area contributed by atoms with Crippen molar-refractivity contribution in [2.75, 3.05) is 13.1 Å². The second-order valence-corrected chi connectivity index (χ2v) is 4.83. The molecular weight excluding hydrogens is 190 g/mol. The smallest absolute Gasteiger partial charge is 0.303 e. The van der Waals surface area contributed by atoms with Crippen LogP contribution >= 0.6 is 0 Å². The van der Waals surface area contributed by atoms with Gasteiger partial charge in [0.1, 0.15) is 0 Å². The molecule has 0 heterocycles. The van der Waals surface area contributed by atoms with Gasteiger partial charge in [-0.25, -0.2) is 0 Å². The van der Waals surface area contributed by atoms with Gasteiger partial charge in [0.2, 0.25) is 0 Å². The Morgan fingerprint density at radius 1 is 1.47 bits per heavy atom. The lowest BCUT2D eigenvalue weighted by Crippen LogP contribution is -2.28. The fraction of sp³-hybridized carbons (Fsp3) is 0.917. The third kappa shape index (κ3) is 5.78. The van der Waals surface area contributed by atoms with Crippen LogP contribution in [0.15, 0.2) is 0 Å². The minimum absolute atomic E-state index is 0.309. The summed E-state index contributed by atoms with van der Waals surface area (Å²) in [6.45, 7) is 4.33.